The molecule has 76 valence electrons. The van der Waals surface area contributed by atoms with E-state index < -0.39 is 6.10 Å². The Balaban J connectivity index is 2.14. The van der Waals surface area contributed by atoms with Crippen LogP contribution in [0, 0.1) is 11.8 Å². The second-order valence-corrected chi connectivity index (χ2v) is 4.49. The molecule has 3 atom stereocenters. The summed E-state index contributed by atoms with van der Waals surface area (Å²) < 4.78 is 0. The van der Waals surface area contributed by atoms with Gasteiger partial charge in [-0.3, -0.25) is 4.79 Å². The molecule has 2 aliphatic rings. The highest BCUT2D eigenvalue weighted by atomic mass is 16.3. The molecule has 2 rings (SSSR count). The number of ketones is 1. The van der Waals surface area contributed by atoms with Gasteiger partial charge in [0.05, 0.1) is 0 Å². The molecule has 0 saturated heterocycles. The first kappa shape index (κ1) is 9.66. The van der Waals surface area contributed by atoms with E-state index in [2.05, 4.69) is 6.58 Å². The molecule has 1 N–H and O–H groups in total. The largest absolute Gasteiger partial charge is 0.384 e. The van der Waals surface area contributed by atoms with E-state index in [0.29, 0.717) is 5.92 Å². The number of carbonyl (C=O) groups excluding carboxylic acids is 1. The molecule has 2 nitrogen and oxygen atoms in total. The van der Waals surface area contributed by atoms with E-state index >= 15 is 0 Å². The Morgan fingerprint density at radius 2 is 2.36 bits per heavy atom. The van der Waals surface area contributed by atoms with Gasteiger partial charge in [-0.05, 0) is 38.2 Å². The summed E-state index contributed by atoms with van der Waals surface area (Å²) >= 11 is 0. The first-order valence-corrected chi connectivity index (χ1v) is 5.17. The molecule has 1 fully saturated rings. The van der Waals surface area contributed by atoms with Crippen LogP contribution in [0.2, 0.25) is 0 Å². The van der Waals surface area contributed by atoms with Crippen molar-refractivity contribution in [2.45, 2.75) is 32.3 Å². The van der Waals surface area contributed by atoms with Crippen molar-refractivity contribution in [3.63, 3.8) is 0 Å². The number of hydrogen-bond acceptors (Lipinski definition) is 2. The van der Waals surface area contributed by atoms with Gasteiger partial charge >= 0.3 is 0 Å². The summed E-state index contributed by atoms with van der Waals surface area (Å²) in [7, 11) is 0. The zero-order valence-corrected chi connectivity index (χ0v) is 8.49. The molecule has 14 heavy (non-hydrogen) atoms. The molecule has 0 spiro atoms. The maximum absolute atomic E-state index is 11.3. The van der Waals surface area contributed by atoms with Gasteiger partial charge in [-0.1, -0.05) is 17.7 Å². The fourth-order valence-electron chi connectivity index (χ4n) is 2.53. The minimum absolute atomic E-state index is 0.0814. The van der Waals surface area contributed by atoms with E-state index in [1.807, 2.05) is 6.92 Å². The number of hydrogen-bond donors (Lipinski definition) is 1. The van der Waals surface area contributed by atoms with Gasteiger partial charge in [-0.15, -0.1) is 0 Å². The maximum Gasteiger partial charge on any atom is 0.184 e. The van der Waals surface area contributed by atoms with Crippen LogP contribution in [0.1, 0.15) is 26.2 Å². The normalized spacial score (nSPS) is 36.6. The van der Waals surface area contributed by atoms with Crippen molar-refractivity contribution in [1.29, 1.82) is 0 Å². The molecule has 2 heteroatoms. The standard InChI is InChI=1S/C12H16O2/c1-7(2)8-3-4-9-6-11(13)12(14)10(9)5-8/h6,8,10,12,14H,1,3-5H2,2H3/t8-,10-,12+/m0/s1. The number of aliphatic hydroxyl groups excluding tert-OH is 1. The van der Waals surface area contributed by atoms with Crippen molar-refractivity contribution in [1.82, 2.24) is 0 Å². The summed E-state index contributed by atoms with van der Waals surface area (Å²) in [5.74, 6) is 0.461. The van der Waals surface area contributed by atoms with Crippen molar-refractivity contribution in [3.05, 3.63) is 23.8 Å². The van der Waals surface area contributed by atoms with Crippen molar-refractivity contribution in [2.24, 2.45) is 11.8 Å². The lowest BCUT2D eigenvalue weighted by Crippen LogP contribution is -2.28. The first-order valence-electron chi connectivity index (χ1n) is 5.17. The molecular weight excluding hydrogens is 176 g/mol. The smallest absolute Gasteiger partial charge is 0.184 e. The predicted octanol–water partition coefficient (Wildman–Crippen LogP) is 1.85. The third-order valence-corrected chi connectivity index (χ3v) is 3.49. The second-order valence-electron chi connectivity index (χ2n) is 4.49. The molecule has 0 unspecified atom stereocenters. The van der Waals surface area contributed by atoms with Crippen molar-refractivity contribution in [3.8, 4) is 0 Å². The van der Waals surface area contributed by atoms with Crippen LogP contribution >= 0.6 is 0 Å². The number of carbonyl (C=O) groups is 1. The van der Waals surface area contributed by atoms with E-state index in [1.165, 1.54) is 5.57 Å². The fraction of sp³-hybridized carbons (Fsp3) is 0.583. The predicted molar refractivity (Wildman–Crippen MR) is 54.7 cm³/mol. The number of fused-ring (bicyclic) bond motifs is 1. The lowest BCUT2D eigenvalue weighted by Gasteiger charge is -2.30. The summed E-state index contributed by atoms with van der Waals surface area (Å²) in [6, 6.07) is 0. The number of rotatable bonds is 1. The molecule has 2 aliphatic carbocycles. The molecule has 0 aliphatic heterocycles. The molecule has 0 bridgehead atoms. The molecule has 1 saturated carbocycles. The van der Waals surface area contributed by atoms with Crippen LogP contribution in [0.5, 0.6) is 0 Å². The van der Waals surface area contributed by atoms with E-state index in [-0.39, 0.29) is 11.7 Å². The monoisotopic (exact) mass is 192 g/mol. The van der Waals surface area contributed by atoms with Crippen LogP contribution < -0.4 is 0 Å². The average Bonchev–Trinajstić information content (AvgIpc) is 2.43. The lowest BCUT2D eigenvalue weighted by atomic mass is 9.76. The topological polar surface area (TPSA) is 37.3 Å². The first-order chi connectivity index (χ1) is 6.59. The van der Waals surface area contributed by atoms with Gasteiger partial charge in [0.15, 0.2) is 5.78 Å². The second kappa shape index (κ2) is 3.35. The molecule has 0 aromatic carbocycles. The third-order valence-electron chi connectivity index (χ3n) is 3.49. The van der Waals surface area contributed by atoms with Gasteiger partial charge < -0.3 is 5.11 Å². The van der Waals surface area contributed by atoms with Crippen LogP contribution in [-0.2, 0) is 4.79 Å². The van der Waals surface area contributed by atoms with E-state index in [4.69, 9.17) is 0 Å². The van der Waals surface area contributed by atoms with E-state index in [1.54, 1.807) is 6.08 Å². The maximum atomic E-state index is 11.3. The summed E-state index contributed by atoms with van der Waals surface area (Å²) in [6.45, 7) is 5.98. The Bertz CT molecular complexity index is 314. The fourth-order valence-corrected chi connectivity index (χ4v) is 2.53. The summed E-state index contributed by atoms with van der Waals surface area (Å²) in [6.07, 6.45) is 3.80. The average molecular weight is 192 g/mol. The van der Waals surface area contributed by atoms with Crippen molar-refractivity contribution in [2.75, 3.05) is 0 Å². The van der Waals surface area contributed by atoms with Crippen LogP contribution in [0.4, 0.5) is 0 Å². The van der Waals surface area contributed by atoms with Crippen molar-refractivity contribution >= 4 is 5.78 Å². The zero-order chi connectivity index (χ0) is 10.3. The highest BCUT2D eigenvalue weighted by Crippen LogP contribution is 2.41. The molecule has 0 aromatic heterocycles. The van der Waals surface area contributed by atoms with E-state index in [9.17, 15) is 9.90 Å². The molecule has 0 radical (unpaired) electrons. The lowest BCUT2D eigenvalue weighted by molar-refractivity contribution is -0.123. The minimum atomic E-state index is -0.771. The van der Waals surface area contributed by atoms with Gasteiger partial charge in [-0.2, -0.15) is 0 Å². The van der Waals surface area contributed by atoms with Gasteiger partial charge in [0, 0.05) is 5.92 Å². The summed E-state index contributed by atoms with van der Waals surface area (Å²) in [5, 5.41) is 9.66. The summed E-state index contributed by atoms with van der Waals surface area (Å²) in [5.41, 5.74) is 2.33. The third kappa shape index (κ3) is 1.44. The van der Waals surface area contributed by atoms with Crippen LogP contribution in [-0.4, -0.2) is 17.0 Å². The van der Waals surface area contributed by atoms with Gasteiger partial charge in [0.2, 0.25) is 0 Å². The van der Waals surface area contributed by atoms with Crippen LogP contribution in [0.25, 0.3) is 0 Å². The van der Waals surface area contributed by atoms with Gasteiger partial charge in [-0.25, -0.2) is 0 Å². The molecule has 0 heterocycles. The van der Waals surface area contributed by atoms with Crippen molar-refractivity contribution < 1.29 is 9.90 Å². The minimum Gasteiger partial charge on any atom is -0.384 e. The Kier molecular flexibility index (Phi) is 2.31. The molecule has 0 aromatic rings. The van der Waals surface area contributed by atoms with Crippen LogP contribution in [0.15, 0.2) is 23.8 Å². The number of aliphatic hydroxyl groups is 1. The Morgan fingerprint density at radius 3 is 3.00 bits per heavy atom. The summed E-state index contributed by atoms with van der Waals surface area (Å²) in [4.78, 5) is 11.3. The molecular formula is C12H16O2. The number of allylic oxidation sites excluding steroid dienone is 1. The highest BCUT2D eigenvalue weighted by Gasteiger charge is 2.38. The SMILES string of the molecule is C=C(C)[C@H]1CCC2=CC(=O)[C@H](O)[C@H]2C1. The zero-order valence-electron chi connectivity index (χ0n) is 8.49. The van der Waals surface area contributed by atoms with Gasteiger partial charge in [0.1, 0.15) is 6.10 Å². The molecule has 0 amide bonds. The quantitative estimate of drug-likeness (QED) is 0.644. The Hall–Kier alpha value is -0.890. The van der Waals surface area contributed by atoms with Crippen LogP contribution in [0.3, 0.4) is 0 Å². The Labute approximate surface area is 84.3 Å². The van der Waals surface area contributed by atoms with Gasteiger partial charge in [0.25, 0.3) is 0 Å². The highest BCUT2D eigenvalue weighted by molar-refractivity contribution is 5.97. The van der Waals surface area contributed by atoms with E-state index in [0.717, 1.165) is 24.8 Å². The Morgan fingerprint density at radius 1 is 1.64 bits per heavy atom.